The van der Waals surface area contributed by atoms with Crippen LogP contribution >= 0.6 is 23.1 Å². The number of amides is 2. The monoisotopic (exact) mass is 504 g/mol. The third kappa shape index (κ3) is 6.38. The van der Waals surface area contributed by atoms with Gasteiger partial charge >= 0.3 is 0 Å². The first-order valence-electron chi connectivity index (χ1n) is 10.5. The quantitative estimate of drug-likeness (QED) is 0.434. The van der Waals surface area contributed by atoms with Crippen molar-refractivity contribution in [3.63, 3.8) is 0 Å². The molecule has 0 radical (unpaired) electrons. The number of anilines is 2. The number of hydrogen-bond donors (Lipinski definition) is 1. The molecule has 0 unspecified atom stereocenters. The molecule has 1 saturated heterocycles. The standard InChI is InChI=1S/C21H24N6O5S2/c1-14-10-17(25-32-14)22-18(28)13-33-21-24-23-20(34-21)27-8-6-26(7-9-27)19(29)12-31-16-5-3-4-15(11-16)30-2/h3-5,10-11H,6-9,12-13H2,1-2H3,(H,22,25,28). The molecule has 1 fully saturated rings. The molecule has 1 N–H and O–H groups in total. The Morgan fingerprint density at radius 2 is 1.97 bits per heavy atom. The van der Waals surface area contributed by atoms with Crippen LogP contribution in [-0.2, 0) is 9.59 Å². The fraction of sp³-hybridized carbons (Fsp3) is 0.381. The first-order chi connectivity index (χ1) is 16.5. The van der Waals surface area contributed by atoms with Crippen LogP contribution in [-0.4, -0.2) is 77.7 Å². The summed E-state index contributed by atoms with van der Waals surface area (Å²) >= 11 is 2.73. The minimum absolute atomic E-state index is 0.0251. The van der Waals surface area contributed by atoms with Crippen molar-refractivity contribution in [1.29, 1.82) is 0 Å². The fourth-order valence-electron chi connectivity index (χ4n) is 3.19. The maximum absolute atomic E-state index is 12.5. The number of rotatable bonds is 9. The van der Waals surface area contributed by atoms with Crippen LogP contribution in [0.15, 0.2) is 39.2 Å². The molecule has 13 heteroatoms. The lowest BCUT2D eigenvalue weighted by atomic mass is 10.3. The van der Waals surface area contributed by atoms with Crippen molar-refractivity contribution in [2.45, 2.75) is 11.3 Å². The molecule has 0 saturated carbocycles. The van der Waals surface area contributed by atoms with Crippen LogP contribution in [0, 0.1) is 6.92 Å². The number of carbonyl (C=O) groups is 2. The van der Waals surface area contributed by atoms with Gasteiger partial charge in [0.15, 0.2) is 16.8 Å². The molecule has 1 aromatic carbocycles. The molecule has 0 bridgehead atoms. The average molecular weight is 505 g/mol. The topological polar surface area (TPSA) is 123 Å². The minimum Gasteiger partial charge on any atom is -0.497 e. The van der Waals surface area contributed by atoms with Crippen molar-refractivity contribution in [2.75, 3.05) is 55.9 Å². The lowest BCUT2D eigenvalue weighted by Crippen LogP contribution is -2.50. The van der Waals surface area contributed by atoms with Gasteiger partial charge in [0.05, 0.1) is 12.9 Å². The van der Waals surface area contributed by atoms with E-state index in [4.69, 9.17) is 14.0 Å². The van der Waals surface area contributed by atoms with E-state index >= 15 is 0 Å². The zero-order chi connectivity index (χ0) is 23.9. The Morgan fingerprint density at radius 1 is 1.18 bits per heavy atom. The van der Waals surface area contributed by atoms with E-state index in [2.05, 4.69) is 25.6 Å². The molecule has 2 aromatic heterocycles. The lowest BCUT2D eigenvalue weighted by Gasteiger charge is -2.34. The van der Waals surface area contributed by atoms with Gasteiger partial charge < -0.3 is 29.1 Å². The zero-order valence-electron chi connectivity index (χ0n) is 18.7. The fourth-order valence-corrected chi connectivity index (χ4v) is 4.89. The van der Waals surface area contributed by atoms with Gasteiger partial charge in [-0.25, -0.2) is 0 Å². The molecule has 1 aliphatic rings. The summed E-state index contributed by atoms with van der Waals surface area (Å²) in [5.41, 5.74) is 0. The largest absolute Gasteiger partial charge is 0.497 e. The SMILES string of the molecule is COc1cccc(OCC(=O)N2CCN(c3nnc(SCC(=O)Nc4cc(C)on4)s3)CC2)c1. The van der Waals surface area contributed by atoms with Gasteiger partial charge in [0.2, 0.25) is 11.0 Å². The molecule has 0 spiro atoms. The Labute approximate surface area is 204 Å². The molecular formula is C21H24N6O5S2. The number of aromatic nitrogens is 3. The van der Waals surface area contributed by atoms with Crippen LogP contribution in [0.3, 0.4) is 0 Å². The molecule has 180 valence electrons. The van der Waals surface area contributed by atoms with Gasteiger partial charge in [-0.1, -0.05) is 34.3 Å². The Kier molecular flexibility index (Phi) is 7.85. The third-order valence-electron chi connectivity index (χ3n) is 4.92. The van der Waals surface area contributed by atoms with Crippen LogP contribution in [0.4, 0.5) is 10.9 Å². The van der Waals surface area contributed by atoms with Crippen molar-refractivity contribution < 1.29 is 23.6 Å². The van der Waals surface area contributed by atoms with Gasteiger partial charge in [-0.05, 0) is 19.1 Å². The minimum atomic E-state index is -0.196. The van der Waals surface area contributed by atoms with Gasteiger partial charge in [-0.15, -0.1) is 10.2 Å². The predicted octanol–water partition coefficient (Wildman–Crippen LogP) is 2.30. The molecule has 34 heavy (non-hydrogen) atoms. The van der Waals surface area contributed by atoms with E-state index in [1.54, 1.807) is 37.1 Å². The van der Waals surface area contributed by atoms with Crippen molar-refractivity contribution >= 4 is 45.9 Å². The van der Waals surface area contributed by atoms with Crippen molar-refractivity contribution in [3.8, 4) is 11.5 Å². The summed E-state index contributed by atoms with van der Waals surface area (Å²) in [6.45, 7) is 4.17. The van der Waals surface area contributed by atoms with Crippen molar-refractivity contribution in [3.05, 3.63) is 36.1 Å². The second-order valence-corrected chi connectivity index (χ2v) is 9.52. The number of methoxy groups -OCH3 is 1. The molecular weight excluding hydrogens is 480 g/mol. The highest BCUT2D eigenvalue weighted by atomic mass is 32.2. The van der Waals surface area contributed by atoms with Gasteiger partial charge in [-0.2, -0.15) is 0 Å². The van der Waals surface area contributed by atoms with Crippen molar-refractivity contribution in [1.82, 2.24) is 20.3 Å². The Hall–Kier alpha value is -3.32. The second kappa shape index (κ2) is 11.2. The maximum atomic E-state index is 12.5. The number of nitrogens with zero attached hydrogens (tertiary/aromatic N) is 5. The molecule has 0 aliphatic carbocycles. The molecule has 4 rings (SSSR count). The molecule has 0 atom stereocenters. The maximum Gasteiger partial charge on any atom is 0.260 e. The van der Waals surface area contributed by atoms with Gasteiger partial charge in [-0.3, -0.25) is 9.59 Å². The first-order valence-corrected chi connectivity index (χ1v) is 12.3. The summed E-state index contributed by atoms with van der Waals surface area (Å²) in [6, 6.07) is 8.82. The van der Waals surface area contributed by atoms with Crippen molar-refractivity contribution in [2.24, 2.45) is 0 Å². The summed E-state index contributed by atoms with van der Waals surface area (Å²) in [6.07, 6.45) is 0. The first kappa shape index (κ1) is 23.8. The summed E-state index contributed by atoms with van der Waals surface area (Å²) in [5, 5.41) is 15.6. The molecule has 3 heterocycles. The summed E-state index contributed by atoms with van der Waals surface area (Å²) < 4.78 is 16.4. The zero-order valence-corrected chi connectivity index (χ0v) is 20.4. The van der Waals surface area contributed by atoms with Crippen LogP contribution in [0.25, 0.3) is 0 Å². The van der Waals surface area contributed by atoms with Crippen LogP contribution in [0.5, 0.6) is 11.5 Å². The van der Waals surface area contributed by atoms with Crippen LogP contribution in [0.1, 0.15) is 5.76 Å². The van der Waals surface area contributed by atoms with Gasteiger partial charge in [0.25, 0.3) is 5.91 Å². The number of piperazine rings is 1. The number of benzene rings is 1. The number of hydrogen-bond acceptors (Lipinski definition) is 11. The Balaban J connectivity index is 1.19. The lowest BCUT2D eigenvalue weighted by molar-refractivity contribution is -0.133. The van der Waals surface area contributed by atoms with E-state index in [1.807, 2.05) is 12.1 Å². The second-order valence-electron chi connectivity index (χ2n) is 7.35. The number of carbonyl (C=O) groups excluding carboxylic acids is 2. The highest BCUT2D eigenvalue weighted by molar-refractivity contribution is 8.01. The van der Waals surface area contributed by atoms with E-state index in [-0.39, 0.29) is 24.2 Å². The number of ether oxygens (including phenoxy) is 2. The van der Waals surface area contributed by atoms with Gasteiger partial charge in [0.1, 0.15) is 17.3 Å². The predicted molar refractivity (Wildman–Crippen MR) is 128 cm³/mol. The molecule has 11 nitrogen and oxygen atoms in total. The third-order valence-corrected chi connectivity index (χ3v) is 7.04. The number of thioether (sulfide) groups is 1. The van der Waals surface area contributed by atoms with Crippen LogP contribution in [0.2, 0.25) is 0 Å². The number of nitrogens with one attached hydrogen (secondary N) is 1. The van der Waals surface area contributed by atoms with E-state index < -0.39 is 0 Å². The Bertz CT molecular complexity index is 1130. The van der Waals surface area contributed by atoms with E-state index in [1.165, 1.54) is 23.1 Å². The smallest absolute Gasteiger partial charge is 0.260 e. The number of aryl methyl sites for hydroxylation is 1. The summed E-state index contributed by atoms with van der Waals surface area (Å²) in [7, 11) is 1.58. The van der Waals surface area contributed by atoms with E-state index in [9.17, 15) is 9.59 Å². The highest BCUT2D eigenvalue weighted by Crippen LogP contribution is 2.29. The molecule has 2 amide bonds. The Morgan fingerprint density at radius 3 is 2.71 bits per heavy atom. The van der Waals surface area contributed by atoms with Gasteiger partial charge in [0, 0.05) is 38.3 Å². The van der Waals surface area contributed by atoms with E-state index in [0.717, 1.165) is 5.13 Å². The normalized spacial score (nSPS) is 13.6. The summed E-state index contributed by atoms with van der Waals surface area (Å²) in [4.78, 5) is 28.5. The molecule has 3 aromatic rings. The van der Waals surface area contributed by atoms with Crippen LogP contribution < -0.4 is 19.7 Å². The average Bonchev–Trinajstić information content (AvgIpc) is 3.50. The van der Waals surface area contributed by atoms with E-state index in [0.29, 0.717) is 53.6 Å². The molecule has 1 aliphatic heterocycles. The summed E-state index contributed by atoms with van der Waals surface area (Å²) in [5.74, 6) is 2.22. The highest BCUT2D eigenvalue weighted by Gasteiger charge is 2.24.